The maximum atomic E-state index is 11.0. The summed E-state index contributed by atoms with van der Waals surface area (Å²) in [4.78, 5) is 21.7. The molecule has 0 saturated carbocycles. The van der Waals surface area contributed by atoms with Crippen LogP contribution in [0.5, 0.6) is 0 Å². The molecule has 0 heterocycles. The molecule has 6 nitrogen and oxygen atoms in total. The van der Waals surface area contributed by atoms with Crippen molar-refractivity contribution in [1.29, 1.82) is 0 Å². The molecule has 0 radical (unpaired) electrons. The lowest BCUT2D eigenvalue weighted by Gasteiger charge is -2.19. The highest BCUT2D eigenvalue weighted by molar-refractivity contribution is 5.89. The van der Waals surface area contributed by atoms with E-state index in [0.29, 0.717) is 11.1 Å². The second kappa shape index (κ2) is 7.02. The lowest BCUT2D eigenvalue weighted by atomic mass is 9.97. The highest BCUT2D eigenvalue weighted by atomic mass is 16.4. The van der Waals surface area contributed by atoms with Gasteiger partial charge in [-0.25, -0.2) is 4.79 Å². The predicted molar refractivity (Wildman–Crippen MR) is 72.4 cm³/mol. The van der Waals surface area contributed by atoms with Crippen LogP contribution in [0.4, 0.5) is 0 Å². The van der Waals surface area contributed by atoms with Gasteiger partial charge in [0.1, 0.15) is 6.10 Å². The standard InChI is InChI=1S/C14H19NO5/c1-8-3-4-10(7-11(8)14(19)20)13(18)12(17)5-6-15-9(2)16/h3-4,7,12-13,17-18H,5-6H2,1-2H3,(H,15,16)(H,19,20). The Bertz CT molecular complexity index is 500. The zero-order valence-corrected chi connectivity index (χ0v) is 11.5. The highest BCUT2D eigenvalue weighted by Gasteiger charge is 2.20. The fourth-order valence-corrected chi connectivity index (χ4v) is 1.83. The van der Waals surface area contributed by atoms with Gasteiger partial charge < -0.3 is 20.6 Å². The van der Waals surface area contributed by atoms with E-state index in [1.54, 1.807) is 19.1 Å². The molecule has 1 rings (SSSR count). The number of hydrogen-bond acceptors (Lipinski definition) is 4. The highest BCUT2D eigenvalue weighted by Crippen LogP contribution is 2.21. The Kier molecular flexibility index (Phi) is 5.66. The molecule has 0 aliphatic carbocycles. The average Bonchev–Trinajstić information content (AvgIpc) is 2.37. The minimum atomic E-state index is -1.19. The normalized spacial score (nSPS) is 13.6. The van der Waals surface area contributed by atoms with Crippen molar-refractivity contribution in [1.82, 2.24) is 5.32 Å². The SMILES string of the molecule is CC(=O)NCCC(O)C(O)c1ccc(C)c(C(=O)O)c1. The zero-order valence-electron chi connectivity index (χ0n) is 11.5. The van der Waals surface area contributed by atoms with Crippen LogP contribution in [0, 0.1) is 6.92 Å². The van der Waals surface area contributed by atoms with Gasteiger partial charge in [-0.3, -0.25) is 4.79 Å². The molecule has 20 heavy (non-hydrogen) atoms. The third kappa shape index (κ3) is 4.32. The smallest absolute Gasteiger partial charge is 0.335 e. The third-order valence-corrected chi connectivity index (χ3v) is 3.01. The monoisotopic (exact) mass is 281 g/mol. The Hall–Kier alpha value is -1.92. The van der Waals surface area contributed by atoms with E-state index in [0.717, 1.165) is 0 Å². The molecule has 1 amide bonds. The van der Waals surface area contributed by atoms with E-state index in [4.69, 9.17) is 5.11 Å². The lowest BCUT2D eigenvalue weighted by Crippen LogP contribution is -2.27. The summed E-state index contributed by atoms with van der Waals surface area (Å²) in [6, 6.07) is 4.51. The van der Waals surface area contributed by atoms with Crippen molar-refractivity contribution in [2.24, 2.45) is 0 Å². The van der Waals surface area contributed by atoms with Crippen molar-refractivity contribution in [3.63, 3.8) is 0 Å². The van der Waals surface area contributed by atoms with Crippen LogP contribution in [-0.2, 0) is 4.79 Å². The number of aryl methyl sites for hydroxylation is 1. The minimum Gasteiger partial charge on any atom is -0.478 e. The molecular weight excluding hydrogens is 262 g/mol. The van der Waals surface area contributed by atoms with Crippen molar-refractivity contribution >= 4 is 11.9 Å². The molecule has 2 unspecified atom stereocenters. The molecule has 4 N–H and O–H groups in total. The van der Waals surface area contributed by atoms with Gasteiger partial charge in [0.2, 0.25) is 5.91 Å². The van der Waals surface area contributed by atoms with Gasteiger partial charge in [0.15, 0.2) is 0 Å². The molecule has 110 valence electrons. The number of aromatic carboxylic acids is 1. The molecule has 0 aliphatic rings. The molecule has 1 aromatic carbocycles. The predicted octanol–water partition coefficient (Wildman–Crippen LogP) is 0.614. The van der Waals surface area contributed by atoms with E-state index in [1.807, 2.05) is 0 Å². The molecule has 0 aliphatic heterocycles. The van der Waals surface area contributed by atoms with Gasteiger partial charge in [-0.2, -0.15) is 0 Å². The maximum Gasteiger partial charge on any atom is 0.335 e. The number of hydrogen-bond donors (Lipinski definition) is 4. The zero-order chi connectivity index (χ0) is 15.3. The van der Waals surface area contributed by atoms with Crippen molar-refractivity contribution in [2.45, 2.75) is 32.5 Å². The number of carboxylic acids is 1. The number of nitrogens with one attached hydrogen (secondary N) is 1. The summed E-state index contributed by atoms with van der Waals surface area (Å²) in [5.41, 5.74) is 1.01. The van der Waals surface area contributed by atoms with Crippen molar-refractivity contribution in [2.75, 3.05) is 6.54 Å². The number of carbonyl (C=O) groups is 2. The van der Waals surface area contributed by atoms with Crippen LogP contribution in [0.1, 0.15) is 40.9 Å². The summed E-state index contributed by atoms with van der Waals surface area (Å²) in [5.74, 6) is -1.29. The summed E-state index contributed by atoms with van der Waals surface area (Å²) in [7, 11) is 0. The summed E-state index contributed by atoms with van der Waals surface area (Å²) >= 11 is 0. The van der Waals surface area contributed by atoms with Gasteiger partial charge in [0.05, 0.1) is 11.7 Å². The first kappa shape index (κ1) is 16.1. The summed E-state index contributed by atoms with van der Waals surface area (Å²) in [6.07, 6.45) is -2.09. The molecule has 1 aromatic rings. The molecule has 0 fully saturated rings. The van der Waals surface area contributed by atoms with Gasteiger partial charge in [-0.05, 0) is 30.5 Å². The fraction of sp³-hybridized carbons (Fsp3) is 0.429. The Morgan fingerprint density at radius 1 is 1.30 bits per heavy atom. The number of amides is 1. The second-order valence-corrected chi connectivity index (χ2v) is 4.66. The van der Waals surface area contributed by atoms with E-state index >= 15 is 0 Å². The van der Waals surface area contributed by atoms with Crippen molar-refractivity contribution < 1.29 is 24.9 Å². The van der Waals surface area contributed by atoms with E-state index < -0.39 is 18.2 Å². The van der Waals surface area contributed by atoms with Crippen LogP contribution >= 0.6 is 0 Å². The lowest BCUT2D eigenvalue weighted by molar-refractivity contribution is -0.119. The van der Waals surface area contributed by atoms with E-state index in [2.05, 4.69) is 5.32 Å². The van der Waals surface area contributed by atoms with Crippen LogP contribution in [0.15, 0.2) is 18.2 Å². The summed E-state index contributed by atoms with van der Waals surface area (Å²) in [5, 5.41) is 31.4. The van der Waals surface area contributed by atoms with Gasteiger partial charge >= 0.3 is 5.97 Å². The fourth-order valence-electron chi connectivity index (χ4n) is 1.83. The summed E-state index contributed by atoms with van der Waals surface area (Å²) in [6.45, 7) is 3.26. The first-order chi connectivity index (χ1) is 9.32. The number of aliphatic hydroxyl groups excluding tert-OH is 2. The van der Waals surface area contributed by atoms with E-state index in [1.165, 1.54) is 13.0 Å². The Balaban J connectivity index is 2.76. The Labute approximate surface area is 117 Å². The number of benzene rings is 1. The minimum absolute atomic E-state index is 0.0932. The number of rotatable bonds is 6. The molecule has 0 bridgehead atoms. The molecule has 0 saturated heterocycles. The third-order valence-electron chi connectivity index (χ3n) is 3.01. The number of carboxylic acid groups (broad SMARTS) is 1. The van der Waals surface area contributed by atoms with Gasteiger partial charge in [0, 0.05) is 13.5 Å². The molecule has 0 spiro atoms. The van der Waals surface area contributed by atoms with Gasteiger partial charge in [-0.15, -0.1) is 0 Å². The van der Waals surface area contributed by atoms with Crippen LogP contribution in [0.25, 0.3) is 0 Å². The largest absolute Gasteiger partial charge is 0.478 e. The van der Waals surface area contributed by atoms with E-state index in [9.17, 15) is 19.8 Å². The van der Waals surface area contributed by atoms with Crippen molar-refractivity contribution in [3.05, 3.63) is 34.9 Å². The number of carbonyl (C=O) groups excluding carboxylic acids is 1. The molecule has 0 aromatic heterocycles. The Morgan fingerprint density at radius 2 is 1.95 bits per heavy atom. The Morgan fingerprint density at radius 3 is 2.50 bits per heavy atom. The first-order valence-electron chi connectivity index (χ1n) is 6.27. The number of aliphatic hydroxyl groups is 2. The quantitative estimate of drug-likeness (QED) is 0.611. The molecule has 2 atom stereocenters. The maximum absolute atomic E-state index is 11.0. The molecule has 6 heteroatoms. The first-order valence-corrected chi connectivity index (χ1v) is 6.27. The second-order valence-electron chi connectivity index (χ2n) is 4.66. The van der Waals surface area contributed by atoms with Crippen LogP contribution in [0.2, 0.25) is 0 Å². The van der Waals surface area contributed by atoms with Crippen LogP contribution in [0.3, 0.4) is 0 Å². The van der Waals surface area contributed by atoms with Crippen molar-refractivity contribution in [3.8, 4) is 0 Å². The average molecular weight is 281 g/mol. The van der Waals surface area contributed by atoms with Gasteiger partial charge in [-0.1, -0.05) is 12.1 Å². The van der Waals surface area contributed by atoms with Crippen LogP contribution in [-0.4, -0.2) is 39.8 Å². The topological polar surface area (TPSA) is 107 Å². The van der Waals surface area contributed by atoms with E-state index in [-0.39, 0.29) is 24.4 Å². The van der Waals surface area contributed by atoms with Gasteiger partial charge in [0.25, 0.3) is 0 Å². The van der Waals surface area contributed by atoms with Crippen LogP contribution < -0.4 is 5.32 Å². The molecular formula is C14H19NO5. The summed E-state index contributed by atoms with van der Waals surface area (Å²) < 4.78 is 0.